The van der Waals surface area contributed by atoms with Gasteiger partial charge in [-0.15, -0.1) is 0 Å². The van der Waals surface area contributed by atoms with Gasteiger partial charge in [-0.25, -0.2) is 4.39 Å². The molecule has 178 valence electrons. The first-order chi connectivity index (χ1) is 16.4. The minimum absolute atomic E-state index is 0.128. The fourth-order valence-electron chi connectivity index (χ4n) is 4.23. The van der Waals surface area contributed by atoms with Crippen molar-refractivity contribution in [1.29, 1.82) is 5.26 Å². The highest BCUT2D eigenvalue weighted by Crippen LogP contribution is 2.32. The Morgan fingerprint density at radius 3 is 2.65 bits per heavy atom. The fraction of sp³-hybridized carbons (Fsp3) is 0.400. The zero-order chi connectivity index (χ0) is 24.2. The highest BCUT2D eigenvalue weighted by atomic mass is 19.1. The molecule has 0 unspecified atom stereocenters. The number of carbonyl (C=O) groups excluding carboxylic acids is 2. The van der Waals surface area contributed by atoms with Gasteiger partial charge in [-0.2, -0.15) is 5.26 Å². The van der Waals surface area contributed by atoms with Crippen LogP contribution in [0.5, 0.6) is 5.75 Å². The number of halogens is 1. The molecule has 2 aromatic carbocycles. The van der Waals surface area contributed by atoms with E-state index in [2.05, 4.69) is 11.4 Å². The molecule has 0 radical (unpaired) electrons. The van der Waals surface area contributed by atoms with Crippen molar-refractivity contribution < 1.29 is 28.9 Å². The van der Waals surface area contributed by atoms with Crippen LogP contribution in [0.1, 0.15) is 24.8 Å². The number of likely N-dealkylation sites (tertiary alicyclic amines) is 1. The van der Waals surface area contributed by atoms with Gasteiger partial charge in [0.15, 0.2) is 6.17 Å². The zero-order valence-electron chi connectivity index (χ0n) is 18.5. The molecule has 0 aromatic heterocycles. The summed E-state index contributed by atoms with van der Waals surface area (Å²) in [4.78, 5) is 25.1. The molecule has 1 aliphatic heterocycles. The number of hydrogen-bond donors (Lipinski definition) is 3. The average molecular weight is 467 g/mol. The summed E-state index contributed by atoms with van der Waals surface area (Å²) < 4.78 is 20.4. The minimum Gasteiger partial charge on any atom is -0.486 e. The second-order valence-corrected chi connectivity index (χ2v) is 8.67. The summed E-state index contributed by atoms with van der Waals surface area (Å²) in [5, 5.41) is 30.9. The van der Waals surface area contributed by atoms with E-state index in [1.807, 2.05) is 6.07 Å². The third kappa shape index (κ3) is 5.19. The number of benzene rings is 2. The Morgan fingerprint density at radius 2 is 1.97 bits per heavy atom. The van der Waals surface area contributed by atoms with Gasteiger partial charge in [0.1, 0.15) is 24.5 Å². The van der Waals surface area contributed by atoms with E-state index >= 15 is 0 Å². The summed E-state index contributed by atoms with van der Waals surface area (Å²) in [6.45, 7) is -0.558. The average Bonchev–Trinajstić information content (AvgIpc) is 2.83. The largest absolute Gasteiger partial charge is 0.486 e. The highest BCUT2D eigenvalue weighted by molar-refractivity contribution is 5.93. The molecule has 1 saturated carbocycles. The normalized spacial score (nSPS) is 24.0. The van der Waals surface area contributed by atoms with Gasteiger partial charge in [-0.3, -0.25) is 9.59 Å². The molecule has 0 spiro atoms. The maximum absolute atomic E-state index is 14.6. The zero-order valence-corrected chi connectivity index (χ0v) is 18.5. The number of nitriles is 1. The molecule has 2 fully saturated rings. The Balaban J connectivity index is 1.45. The maximum Gasteiger partial charge on any atom is 0.248 e. The van der Waals surface area contributed by atoms with Crippen LogP contribution in [0.2, 0.25) is 0 Å². The van der Waals surface area contributed by atoms with Crippen LogP contribution in [0.25, 0.3) is 11.1 Å². The number of hydrogen-bond acceptors (Lipinski definition) is 6. The summed E-state index contributed by atoms with van der Waals surface area (Å²) in [6, 6.07) is 14.3. The lowest BCUT2D eigenvalue weighted by atomic mass is 9.82. The van der Waals surface area contributed by atoms with Gasteiger partial charge in [0.2, 0.25) is 11.8 Å². The van der Waals surface area contributed by atoms with Gasteiger partial charge >= 0.3 is 0 Å². The van der Waals surface area contributed by atoms with Crippen molar-refractivity contribution in [3.63, 3.8) is 0 Å². The number of aliphatic hydroxyl groups excluding tert-OH is 2. The molecule has 2 aromatic rings. The van der Waals surface area contributed by atoms with E-state index < -0.39 is 30.9 Å². The summed E-state index contributed by atoms with van der Waals surface area (Å²) in [5.41, 5.74) is 2.39. The van der Waals surface area contributed by atoms with Gasteiger partial charge in [-0.05, 0) is 48.2 Å². The molecule has 34 heavy (non-hydrogen) atoms. The third-order valence-corrected chi connectivity index (χ3v) is 6.30. The monoisotopic (exact) mass is 467 g/mol. The fourth-order valence-corrected chi connectivity index (χ4v) is 4.23. The van der Waals surface area contributed by atoms with Crippen LogP contribution >= 0.6 is 0 Å². The highest BCUT2D eigenvalue weighted by Gasteiger charge is 2.34. The Hall–Kier alpha value is -3.48. The van der Waals surface area contributed by atoms with Crippen molar-refractivity contribution in [2.45, 2.75) is 37.6 Å². The van der Waals surface area contributed by atoms with Crippen molar-refractivity contribution >= 4 is 17.5 Å². The molecule has 9 heteroatoms. The number of piperidine rings is 1. The van der Waals surface area contributed by atoms with Crippen LogP contribution in [0.15, 0.2) is 42.5 Å². The van der Waals surface area contributed by atoms with Crippen LogP contribution in [0.4, 0.5) is 10.1 Å². The molecule has 1 aliphatic carbocycles. The van der Waals surface area contributed by atoms with Gasteiger partial charge in [0.25, 0.3) is 0 Å². The molecule has 8 nitrogen and oxygen atoms in total. The van der Waals surface area contributed by atoms with Crippen molar-refractivity contribution in [3.8, 4) is 22.9 Å². The SMILES string of the molecule is N#Cc1cc(-c2cccc(NC(=O)C3CC(O)C3)c2)ccc1O[C@H]1CCN(C(=O)CO)C[C@H]1F. The van der Waals surface area contributed by atoms with Crippen LogP contribution in [-0.2, 0) is 9.59 Å². The maximum atomic E-state index is 14.6. The van der Waals surface area contributed by atoms with Crippen molar-refractivity contribution in [2.24, 2.45) is 5.92 Å². The van der Waals surface area contributed by atoms with Crippen LogP contribution in [-0.4, -0.2) is 65.0 Å². The number of aliphatic hydroxyl groups is 2. The molecule has 0 bridgehead atoms. The van der Waals surface area contributed by atoms with E-state index in [9.17, 15) is 24.3 Å². The van der Waals surface area contributed by atoms with E-state index in [4.69, 9.17) is 9.84 Å². The topological polar surface area (TPSA) is 123 Å². The number of ether oxygens (including phenoxy) is 1. The Labute approximate surface area is 196 Å². The molecule has 2 aliphatic rings. The van der Waals surface area contributed by atoms with Crippen LogP contribution in [0.3, 0.4) is 0 Å². The van der Waals surface area contributed by atoms with Gasteiger partial charge < -0.3 is 25.2 Å². The summed E-state index contributed by atoms with van der Waals surface area (Å²) in [5.74, 6) is -0.578. The molecule has 3 N–H and O–H groups in total. The third-order valence-electron chi connectivity index (χ3n) is 6.30. The Morgan fingerprint density at radius 1 is 1.21 bits per heavy atom. The lowest BCUT2D eigenvalue weighted by molar-refractivity contribution is -0.138. The van der Waals surface area contributed by atoms with Gasteiger partial charge in [-0.1, -0.05) is 18.2 Å². The first-order valence-corrected chi connectivity index (χ1v) is 11.2. The van der Waals surface area contributed by atoms with E-state index in [1.165, 1.54) is 4.90 Å². The minimum atomic E-state index is -1.44. The molecule has 2 amide bonds. The van der Waals surface area contributed by atoms with Crippen molar-refractivity contribution in [3.05, 3.63) is 48.0 Å². The van der Waals surface area contributed by atoms with Crippen molar-refractivity contribution in [1.82, 2.24) is 4.90 Å². The van der Waals surface area contributed by atoms with Crippen LogP contribution < -0.4 is 10.1 Å². The van der Waals surface area contributed by atoms with E-state index in [-0.39, 0.29) is 42.6 Å². The molecule has 1 saturated heterocycles. The smallest absolute Gasteiger partial charge is 0.248 e. The van der Waals surface area contributed by atoms with E-state index in [1.54, 1.807) is 36.4 Å². The van der Waals surface area contributed by atoms with Gasteiger partial charge in [0, 0.05) is 24.6 Å². The lowest BCUT2D eigenvalue weighted by Crippen LogP contribution is -2.50. The summed E-state index contributed by atoms with van der Waals surface area (Å²) in [6.07, 6.45) is -1.46. The predicted molar refractivity (Wildman–Crippen MR) is 122 cm³/mol. The second-order valence-electron chi connectivity index (χ2n) is 8.67. The first-order valence-electron chi connectivity index (χ1n) is 11.2. The number of carbonyl (C=O) groups is 2. The Kier molecular flexibility index (Phi) is 7.10. The van der Waals surface area contributed by atoms with Crippen molar-refractivity contribution in [2.75, 3.05) is 25.0 Å². The van der Waals surface area contributed by atoms with E-state index in [0.717, 1.165) is 11.1 Å². The number of nitrogens with one attached hydrogen (secondary N) is 1. The van der Waals surface area contributed by atoms with Gasteiger partial charge in [0.05, 0.1) is 18.2 Å². The second kappa shape index (κ2) is 10.2. The quantitative estimate of drug-likeness (QED) is 0.599. The molecule has 4 rings (SSSR count). The first kappa shape index (κ1) is 23.7. The number of rotatable bonds is 6. The molecular weight excluding hydrogens is 441 g/mol. The molecule has 2 atom stereocenters. The van der Waals surface area contributed by atoms with Crippen LogP contribution in [0, 0.1) is 17.2 Å². The Bertz CT molecular complexity index is 1110. The number of anilines is 1. The molecule has 1 heterocycles. The standard InChI is InChI=1S/C25H26FN3O5/c26-21-13-29(24(32)14-30)7-6-23(21)34-22-5-4-16(8-18(22)12-27)15-2-1-3-19(9-15)28-25(33)17-10-20(31)11-17/h1-5,8-9,17,20-21,23,30-31H,6-7,10-11,13-14H2,(H,28,33)/t17?,20?,21-,23+/m1/s1. The van der Waals surface area contributed by atoms with E-state index in [0.29, 0.717) is 18.5 Å². The number of amides is 2. The number of alkyl halides is 1. The molecular formula is C25H26FN3O5. The summed E-state index contributed by atoms with van der Waals surface area (Å²) >= 11 is 0. The lowest BCUT2D eigenvalue weighted by Gasteiger charge is -2.34. The number of nitrogens with zero attached hydrogens (tertiary/aromatic N) is 2. The predicted octanol–water partition coefficient (Wildman–Crippen LogP) is 2.24. The summed E-state index contributed by atoms with van der Waals surface area (Å²) in [7, 11) is 0.